The Morgan fingerprint density at radius 2 is 1.95 bits per heavy atom. The maximum atomic E-state index is 6.18. The molecule has 2 aromatic rings. The highest BCUT2D eigenvalue weighted by Crippen LogP contribution is 2.18. The largest absolute Gasteiger partial charge is 0.316 e. The monoisotopic (exact) mass is 288 g/mol. The summed E-state index contributed by atoms with van der Waals surface area (Å²) in [6.45, 7) is 4.30. The van der Waals surface area contributed by atoms with Gasteiger partial charge in [-0.05, 0) is 62.1 Å². The second kappa shape index (κ2) is 6.87. The number of hydrogen-bond donors (Lipinski definition) is 1. The van der Waals surface area contributed by atoms with Gasteiger partial charge in [0.2, 0.25) is 0 Å². The summed E-state index contributed by atoms with van der Waals surface area (Å²) in [5.74, 6) is 0. The summed E-state index contributed by atoms with van der Waals surface area (Å²) in [5, 5.41) is 4.12. The number of nitrogens with one attached hydrogen (secondary N) is 1. The van der Waals surface area contributed by atoms with Crippen LogP contribution in [0, 0.1) is 13.8 Å². The van der Waals surface area contributed by atoms with E-state index >= 15 is 0 Å². The van der Waals surface area contributed by atoms with Crippen LogP contribution < -0.4 is 5.32 Å². The Labute approximate surface area is 126 Å². The second-order valence-electron chi connectivity index (χ2n) is 5.28. The number of nitrogens with zero attached hydrogens (tertiary/aromatic N) is 1. The molecule has 0 spiro atoms. The van der Waals surface area contributed by atoms with Crippen molar-refractivity contribution in [1.82, 2.24) is 10.3 Å². The van der Waals surface area contributed by atoms with E-state index in [0.29, 0.717) is 6.04 Å². The summed E-state index contributed by atoms with van der Waals surface area (Å²) in [6.07, 6.45) is 5.41. The zero-order valence-electron chi connectivity index (χ0n) is 12.3. The molecule has 0 saturated carbocycles. The van der Waals surface area contributed by atoms with Crippen LogP contribution in [-0.2, 0) is 12.8 Å². The van der Waals surface area contributed by atoms with Crippen LogP contribution in [-0.4, -0.2) is 18.1 Å². The fourth-order valence-electron chi connectivity index (χ4n) is 2.33. The molecule has 0 aliphatic rings. The third kappa shape index (κ3) is 3.81. The van der Waals surface area contributed by atoms with E-state index in [1.54, 1.807) is 12.4 Å². The first-order chi connectivity index (χ1) is 9.60. The zero-order chi connectivity index (χ0) is 14.5. The lowest BCUT2D eigenvalue weighted by Crippen LogP contribution is -2.30. The molecule has 3 heteroatoms. The van der Waals surface area contributed by atoms with E-state index in [2.05, 4.69) is 42.3 Å². The molecule has 1 aromatic heterocycles. The molecule has 1 heterocycles. The molecule has 1 aromatic carbocycles. The lowest BCUT2D eigenvalue weighted by Gasteiger charge is -2.17. The van der Waals surface area contributed by atoms with Crippen molar-refractivity contribution in [3.05, 3.63) is 63.9 Å². The lowest BCUT2D eigenvalue weighted by atomic mass is 9.97. The Morgan fingerprint density at radius 1 is 1.15 bits per heavy atom. The van der Waals surface area contributed by atoms with Gasteiger partial charge in [0, 0.05) is 18.4 Å². The molecule has 0 bridgehead atoms. The fraction of sp³-hybridized carbons (Fsp3) is 0.353. The first-order valence-electron chi connectivity index (χ1n) is 6.92. The van der Waals surface area contributed by atoms with Crippen LogP contribution in [0.2, 0.25) is 5.02 Å². The predicted molar refractivity (Wildman–Crippen MR) is 85.4 cm³/mol. The molecular weight excluding hydrogens is 268 g/mol. The van der Waals surface area contributed by atoms with Crippen LogP contribution in [0.3, 0.4) is 0 Å². The van der Waals surface area contributed by atoms with Crippen LogP contribution in [0.25, 0.3) is 0 Å². The van der Waals surface area contributed by atoms with Gasteiger partial charge >= 0.3 is 0 Å². The maximum absolute atomic E-state index is 6.18. The molecule has 1 atom stereocenters. The second-order valence-corrected chi connectivity index (χ2v) is 5.69. The summed E-state index contributed by atoms with van der Waals surface area (Å²) in [6, 6.07) is 9.04. The molecule has 2 rings (SSSR count). The van der Waals surface area contributed by atoms with Crippen molar-refractivity contribution in [3.8, 4) is 0 Å². The summed E-state index contributed by atoms with van der Waals surface area (Å²) in [5.41, 5.74) is 5.19. The van der Waals surface area contributed by atoms with Gasteiger partial charge in [-0.2, -0.15) is 0 Å². The van der Waals surface area contributed by atoms with Gasteiger partial charge in [-0.1, -0.05) is 29.8 Å². The topological polar surface area (TPSA) is 24.9 Å². The molecule has 0 aliphatic carbocycles. The number of aromatic nitrogens is 1. The van der Waals surface area contributed by atoms with E-state index in [4.69, 9.17) is 11.6 Å². The molecule has 0 amide bonds. The van der Waals surface area contributed by atoms with E-state index in [9.17, 15) is 0 Å². The van der Waals surface area contributed by atoms with Crippen LogP contribution >= 0.6 is 11.6 Å². The van der Waals surface area contributed by atoms with Gasteiger partial charge in [0.25, 0.3) is 0 Å². The van der Waals surface area contributed by atoms with Gasteiger partial charge in [0.1, 0.15) is 0 Å². The number of likely N-dealkylation sites (N-methyl/N-ethyl adjacent to an activating group) is 1. The maximum Gasteiger partial charge on any atom is 0.0621 e. The average molecular weight is 289 g/mol. The molecule has 0 radical (unpaired) electrons. The van der Waals surface area contributed by atoms with Crippen LogP contribution in [0.1, 0.15) is 22.3 Å². The summed E-state index contributed by atoms with van der Waals surface area (Å²) >= 11 is 6.18. The van der Waals surface area contributed by atoms with Crippen molar-refractivity contribution in [2.45, 2.75) is 32.7 Å². The first kappa shape index (κ1) is 15.0. The van der Waals surface area contributed by atoms with E-state index in [1.165, 1.54) is 16.7 Å². The van der Waals surface area contributed by atoms with E-state index in [1.807, 2.05) is 13.1 Å². The quantitative estimate of drug-likeness (QED) is 0.907. The molecule has 0 saturated heterocycles. The Balaban J connectivity index is 2.09. The van der Waals surface area contributed by atoms with Gasteiger partial charge in [-0.15, -0.1) is 0 Å². The number of pyridine rings is 1. The third-order valence-corrected chi connectivity index (χ3v) is 4.12. The number of rotatable bonds is 5. The molecule has 1 N–H and O–H groups in total. The Hall–Kier alpha value is -1.38. The SMILES string of the molecule is CNC(Cc1ccc(C)c(C)c1)Cc1ccncc1Cl. The summed E-state index contributed by atoms with van der Waals surface area (Å²) in [7, 11) is 2.00. The van der Waals surface area contributed by atoms with Gasteiger partial charge < -0.3 is 5.32 Å². The zero-order valence-corrected chi connectivity index (χ0v) is 13.0. The number of hydrogen-bond acceptors (Lipinski definition) is 2. The van der Waals surface area contributed by atoms with Gasteiger partial charge in [-0.3, -0.25) is 4.98 Å². The number of halogens is 1. The first-order valence-corrected chi connectivity index (χ1v) is 7.29. The molecule has 20 heavy (non-hydrogen) atoms. The lowest BCUT2D eigenvalue weighted by molar-refractivity contribution is 0.556. The molecular formula is C17H21ClN2. The van der Waals surface area contributed by atoms with Gasteiger partial charge in [0.15, 0.2) is 0 Å². The number of benzene rings is 1. The minimum absolute atomic E-state index is 0.372. The molecule has 1 unspecified atom stereocenters. The smallest absolute Gasteiger partial charge is 0.0621 e. The van der Waals surface area contributed by atoms with Gasteiger partial charge in [-0.25, -0.2) is 0 Å². The minimum atomic E-state index is 0.372. The third-order valence-electron chi connectivity index (χ3n) is 3.78. The Kier molecular flexibility index (Phi) is 5.16. The molecule has 0 fully saturated rings. The summed E-state index contributed by atoms with van der Waals surface area (Å²) < 4.78 is 0. The van der Waals surface area contributed by atoms with E-state index < -0.39 is 0 Å². The standard InChI is InChI=1S/C17H21ClN2/c1-12-4-5-14(8-13(12)2)9-16(19-3)10-15-6-7-20-11-17(15)18/h4-8,11,16,19H,9-10H2,1-3H3. The Morgan fingerprint density at radius 3 is 2.60 bits per heavy atom. The predicted octanol–water partition coefficient (Wildman–Crippen LogP) is 3.73. The normalized spacial score (nSPS) is 12.4. The average Bonchev–Trinajstić information content (AvgIpc) is 2.44. The van der Waals surface area contributed by atoms with Crippen molar-refractivity contribution < 1.29 is 0 Å². The van der Waals surface area contributed by atoms with Crippen molar-refractivity contribution in [2.75, 3.05) is 7.05 Å². The van der Waals surface area contributed by atoms with E-state index in [-0.39, 0.29) is 0 Å². The molecule has 2 nitrogen and oxygen atoms in total. The van der Waals surface area contributed by atoms with Crippen molar-refractivity contribution >= 4 is 11.6 Å². The molecule has 0 aliphatic heterocycles. The highest BCUT2D eigenvalue weighted by molar-refractivity contribution is 6.31. The highest BCUT2D eigenvalue weighted by Gasteiger charge is 2.11. The Bertz CT molecular complexity index is 581. The fourth-order valence-corrected chi connectivity index (χ4v) is 2.52. The van der Waals surface area contributed by atoms with E-state index in [0.717, 1.165) is 23.4 Å². The number of aryl methyl sites for hydroxylation is 2. The van der Waals surface area contributed by atoms with Crippen molar-refractivity contribution in [2.24, 2.45) is 0 Å². The van der Waals surface area contributed by atoms with Gasteiger partial charge in [0.05, 0.1) is 5.02 Å². The van der Waals surface area contributed by atoms with Crippen LogP contribution in [0.4, 0.5) is 0 Å². The van der Waals surface area contributed by atoms with Crippen molar-refractivity contribution in [1.29, 1.82) is 0 Å². The highest BCUT2D eigenvalue weighted by atomic mass is 35.5. The minimum Gasteiger partial charge on any atom is -0.316 e. The van der Waals surface area contributed by atoms with Crippen LogP contribution in [0.5, 0.6) is 0 Å². The molecule has 106 valence electrons. The van der Waals surface area contributed by atoms with Crippen molar-refractivity contribution in [3.63, 3.8) is 0 Å². The summed E-state index contributed by atoms with van der Waals surface area (Å²) in [4.78, 5) is 4.03. The van der Waals surface area contributed by atoms with Crippen LogP contribution in [0.15, 0.2) is 36.7 Å².